The molecule has 1 atom stereocenters. The Morgan fingerprint density at radius 2 is 1.86 bits per heavy atom. The molecule has 6 heteroatoms. The zero-order valence-corrected chi connectivity index (χ0v) is 17.2. The van der Waals surface area contributed by atoms with Crippen molar-refractivity contribution in [3.05, 3.63) is 57.8 Å². The summed E-state index contributed by atoms with van der Waals surface area (Å²) in [6, 6.07) is 12.1. The van der Waals surface area contributed by atoms with E-state index in [4.69, 9.17) is 0 Å². The fourth-order valence-corrected chi connectivity index (χ4v) is 4.91. The van der Waals surface area contributed by atoms with Gasteiger partial charge >= 0.3 is 0 Å². The number of benzene rings is 1. The molecule has 0 spiro atoms. The Morgan fingerprint density at radius 3 is 2.57 bits per heavy atom. The van der Waals surface area contributed by atoms with Gasteiger partial charge in [-0.1, -0.05) is 30.3 Å². The minimum atomic E-state index is -0.243. The number of likely N-dealkylation sites (tertiary alicyclic amines) is 1. The van der Waals surface area contributed by atoms with Crippen molar-refractivity contribution in [1.29, 1.82) is 0 Å². The minimum absolute atomic E-state index is 0.0620. The highest BCUT2D eigenvalue weighted by atomic mass is 32.1. The second-order valence-corrected chi connectivity index (χ2v) is 8.79. The zero-order valence-electron chi connectivity index (χ0n) is 16.3. The summed E-state index contributed by atoms with van der Waals surface area (Å²) in [5.41, 5.74) is 2.46. The summed E-state index contributed by atoms with van der Waals surface area (Å²) >= 11 is 1.66. The monoisotopic (exact) mass is 397 g/mol. The van der Waals surface area contributed by atoms with Gasteiger partial charge < -0.3 is 9.80 Å². The van der Waals surface area contributed by atoms with E-state index in [9.17, 15) is 9.59 Å². The fourth-order valence-electron chi connectivity index (χ4n) is 4.15. The zero-order chi connectivity index (χ0) is 19.5. The van der Waals surface area contributed by atoms with Crippen molar-refractivity contribution in [2.45, 2.75) is 38.4 Å². The van der Waals surface area contributed by atoms with Crippen molar-refractivity contribution < 1.29 is 9.59 Å². The maximum Gasteiger partial charge on any atom is 0.240 e. The quantitative estimate of drug-likeness (QED) is 0.779. The number of thiophene rings is 1. The van der Waals surface area contributed by atoms with E-state index < -0.39 is 0 Å². The first kappa shape index (κ1) is 19.2. The lowest BCUT2D eigenvalue weighted by Crippen LogP contribution is -2.53. The van der Waals surface area contributed by atoms with Crippen molar-refractivity contribution >= 4 is 23.2 Å². The number of nitrogens with zero attached hydrogens (tertiary/aromatic N) is 3. The second kappa shape index (κ2) is 8.45. The highest BCUT2D eigenvalue weighted by molar-refractivity contribution is 7.09. The van der Waals surface area contributed by atoms with Crippen molar-refractivity contribution in [1.82, 2.24) is 14.7 Å². The highest BCUT2D eigenvalue weighted by Gasteiger charge is 2.36. The van der Waals surface area contributed by atoms with E-state index in [0.717, 1.165) is 25.9 Å². The topological polar surface area (TPSA) is 43.9 Å². The van der Waals surface area contributed by atoms with Crippen LogP contribution in [0.2, 0.25) is 0 Å². The molecule has 0 aliphatic carbocycles. The van der Waals surface area contributed by atoms with Gasteiger partial charge in [-0.15, -0.1) is 11.3 Å². The van der Waals surface area contributed by atoms with Crippen molar-refractivity contribution in [3.8, 4) is 0 Å². The van der Waals surface area contributed by atoms with Gasteiger partial charge in [0.2, 0.25) is 11.8 Å². The standard InChI is InChI=1S/C22H27N3O2S/c1-23(15-19-9-6-12-28-19)21(26)16-25-14-18-8-3-2-7-17(18)13-20(25)22(27)24-10-4-5-11-24/h2-3,6-9,12,20H,4-5,10-11,13-16H2,1H3/t20-/m1/s1. The number of likely N-dealkylation sites (N-methyl/N-ethyl adjacent to an activating group) is 1. The summed E-state index contributed by atoms with van der Waals surface area (Å²) in [6.45, 7) is 3.24. The normalized spacial score (nSPS) is 19.5. The second-order valence-electron chi connectivity index (χ2n) is 7.76. The maximum atomic E-state index is 13.2. The summed E-state index contributed by atoms with van der Waals surface area (Å²) in [6.07, 6.45) is 2.85. The van der Waals surface area contributed by atoms with Crippen LogP contribution in [0.25, 0.3) is 0 Å². The molecule has 5 nitrogen and oxygen atoms in total. The van der Waals surface area contributed by atoms with E-state index in [1.54, 1.807) is 16.2 Å². The Bertz CT molecular complexity index is 830. The predicted octanol–water partition coefficient (Wildman–Crippen LogP) is 2.76. The van der Waals surface area contributed by atoms with Crippen molar-refractivity contribution in [2.24, 2.45) is 0 Å². The number of amides is 2. The summed E-state index contributed by atoms with van der Waals surface area (Å²) in [5.74, 6) is 0.243. The van der Waals surface area contributed by atoms with Crippen molar-refractivity contribution in [2.75, 3.05) is 26.7 Å². The van der Waals surface area contributed by atoms with Crippen LogP contribution >= 0.6 is 11.3 Å². The lowest BCUT2D eigenvalue weighted by atomic mass is 9.93. The van der Waals surface area contributed by atoms with Crippen LogP contribution in [0.4, 0.5) is 0 Å². The molecule has 148 valence electrons. The molecule has 0 bridgehead atoms. The SMILES string of the molecule is CN(Cc1cccs1)C(=O)CN1Cc2ccccc2C[C@@H]1C(=O)N1CCCC1. The summed E-state index contributed by atoms with van der Waals surface area (Å²) in [5, 5.41) is 2.03. The predicted molar refractivity (Wildman–Crippen MR) is 111 cm³/mol. The third kappa shape index (κ3) is 4.13. The van der Waals surface area contributed by atoms with Gasteiger partial charge in [0.1, 0.15) is 0 Å². The van der Waals surface area contributed by atoms with Crippen LogP contribution in [0.15, 0.2) is 41.8 Å². The number of hydrogen-bond acceptors (Lipinski definition) is 4. The largest absolute Gasteiger partial charge is 0.341 e. The van der Waals surface area contributed by atoms with E-state index >= 15 is 0 Å². The molecule has 2 aromatic rings. The van der Waals surface area contributed by atoms with Gasteiger partial charge in [-0.3, -0.25) is 14.5 Å². The molecular formula is C22H27N3O2S. The molecule has 0 unspecified atom stereocenters. The number of carbonyl (C=O) groups is 2. The first-order valence-corrected chi connectivity index (χ1v) is 10.9. The van der Waals surface area contributed by atoms with Gasteiger partial charge in [0, 0.05) is 31.6 Å². The van der Waals surface area contributed by atoms with Crippen LogP contribution in [0.5, 0.6) is 0 Å². The number of hydrogen-bond donors (Lipinski definition) is 0. The van der Waals surface area contributed by atoms with E-state index in [1.807, 2.05) is 41.6 Å². The average Bonchev–Trinajstić information content (AvgIpc) is 3.41. The Hall–Kier alpha value is -2.18. The summed E-state index contributed by atoms with van der Waals surface area (Å²) in [7, 11) is 1.84. The molecule has 2 aliphatic heterocycles. The van der Waals surface area contributed by atoms with E-state index in [2.05, 4.69) is 17.0 Å². The van der Waals surface area contributed by atoms with Crippen LogP contribution in [0.1, 0.15) is 28.8 Å². The maximum absolute atomic E-state index is 13.2. The third-order valence-electron chi connectivity index (χ3n) is 5.79. The Kier molecular flexibility index (Phi) is 5.78. The fraction of sp³-hybridized carbons (Fsp3) is 0.455. The number of rotatable bonds is 5. The molecular weight excluding hydrogens is 370 g/mol. The molecule has 28 heavy (non-hydrogen) atoms. The molecule has 1 saturated heterocycles. The molecule has 2 amide bonds. The lowest BCUT2D eigenvalue weighted by molar-refractivity contribution is -0.139. The van der Waals surface area contributed by atoms with Crippen LogP contribution in [0.3, 0.4) is 0 Å². The highest BCUT2D eigenvalue weighted by Crippen LogP contribution is 2.25. The lowest BCUT2D eigenvalue weighted by Gasteiger charge is -2.38. The first-order valence-electron chi connectivity index (χ1n) is 9.98. The van der Waals surface area contributed by atoms with E-state index in [0.29, 0.717) is 19.5 Å². The summed E-state index contributed by atoms with van der Waals surface area (Å²) in [4.78, 5) is 33.1. The van der Waals surface area contributed by atoms with Gasteiger partial charge in [-0.2, -0.15) is 0 Å². The van der Waals surface area contributed by atoms with Crippen LogP contribution < -0.4 is 0 Å². The molecule has 3 heterocycles. The van der Waals surface area contributed by atoms with Gasteiger partial charge in [0.05, 0.1) is 19.1 Å². The van der Waals surface area contributed by atoms with Crippen molar-refractivity contribution in [3.63, 3.8) is 0 Å². The molecule has 1 aromatic carbocycles. The third-order valence-corrected chi connectivity index (χ3v) is 6.65. The van der Waals surface area contributed by atoms with Gasteiger partial charge in [-0.05, 0) is 41.8 Å². The molecule has 0 radical (unpaired) electrons. The minimum Gasteiger partial charge on any atom is -0.341 e. The molecule has 0 saturated carbocycles. The van der Waals surface area contributed by atoms with Crippen LogP contribution in [-0.4, -0.2) is 59.2 Å². The Morgan fingerprint density at radius 1 is 1.11 bits per heavy atom. The molecule has 1 aromatic heterocycles. The number of fused-ring (bicyclic) bond motifs is 1. The van der Waals surface area contributed by atoms with Crippen LogP contribution in [0, 0.1) is 0 Å². The Balaban J connectivity index is 1.50. The van der Waals surface area contributed by atoms with E-state index in [-0.39, 0.29) is 24.4 Å². The Labute approximate surface area is 170 Å². The van der Waals surface area contributed by atoms with Gasteiger partial charge in [0.25, 0.3) is 0 Å². The van der Waals surface area contributed by atoms with Gasteiger partial charge in [0.15, 0.2) is 0 Å². The van der Waals surface area contributed by atoms with E-state index in [1.165, 1.54) is 16.0 Å². The molecule has 4 rings (SSSR count). The van der Waals surface area contributed by atoms with Gasteiger partial charge in [-0.25, -0.2) is 0 Å². The molecule has 0 N–H and O–H groups in total. The number of carbonyl (C=O) groups excluding carboxylic acids is 2. The first-order chi connectivity index (χ1) is 13.6. The summed E-state index contributed by atoms with van der Waals surface area (Å²) < 4.78 is 0. The molecule has 2 aliphatic rings. The molecule has 1 fully saturated rings. The average molecular weight is 398 g/mol. The smallest absolute Gasteiger partial charge is 0.240 e. The van der Waals surface area contributed by atoms with Crippen LogP contribution in [-0.2, 0) is 29.1 Å².